The van der Waals surface area contributed by atoms with Crippen molar-refractivity contribution in [1.82, 2.24) is 4.90 Å². The molecule has 0 bridgehead atoms. The van der Waals surface area contributed by atoms with Gasteiger partial charge in [-0.05, 0) is 23.9 Å². The first kappa shape index (κ1) is 18.7. The molecule has 2 rings (SSSR count). The maximum Gasteiger partial charge on any atom is 0.325 e. The van der Waals surface area contributed by atoms with Crippen molar-refractivity contribution in [3.63, 3.8) is 0 Å². The quantitative estimate of drug-likeness (QED) is 0.556. The van der Waals surface area contributed by atoms with Crippen molar-refractivity contribution in [3.05, 3.63) is 22.6 Å². The van der Waals surface area contributed by atoms with E-state index >= 15 is 0 Å². The predicted molar refractivity (Wildman–Crippen MR) is 90.8 cm³/mol. The molecule has 1 fully saturated rings. The molecule has 0 saturated carbocycles. The van der Waals surface area contributed by atoms with Gasteiger partial charge < -0.3 is 18.9 Å². The Morgan fingerprint density at radius 1 is 1.04 bits per heavy atom. The molecule has 1 saturated heterocycles. The molecule has 2 amide bonds. The highest BCUT2D eigenvalue weighted by molar-refractivity contribution is 8.18. The van der Waals surface area contributed by atoms with Crippen molar-refractivity contribution in [2.75, 3.05) is 35.0 Å². The van der Waals surface area contributed by atoms with E-state index in [1.807, 2.05) is 0 Å². The number of methoxy groups -OCH3 is 4. The Morgan fingerprint density at radius 3 is 2.20 bits per heavy atom. The molecule has 0 aliphatic carbocycles. The van der Waals surface area contributed by atoms with E-state index in [0.29, 0.717) is 22.8 Å². The summed E-state index contributed by atoms with van der Waals surface area (Å²) in [5.41, 5.74) is 0.531. The summed E-state index contributed by atoms with van der Waals surface area (Å²) < 4.78 is 20.2. The predicted octanol–water partition coefficient (Wildman–Crippen LogP) is 1.92. The van der Waals surface area contributed by atoms with Gasteiger partial charge in [0.1, 0.15) is 12.3 Å². The van der Waals surface area contributed by atoms with Gasteiger partial charge in [0.05, 0.1) is 33.3 Å². The fourth-order valence-corrected chi connectivity index (χ4v) is 2.97. The van der Waals surface area contributed by atoms with Crippen molar-refractivity contribution in [2.45, 2.75) is 0 Å². The number of hydrogen-bond donors (Lipinski definition) is 0. The van der Waals surface area contributed by atoms with Crippen LogP contribution in [0.3, 0.4) is 0 Å². The standard InChI is InChI=1S/C16H17NO7S/c1-21-10-7-12(23-3)11(22-2)5-9(10)6-13-15(19)17(16(20)25-13)8-14(18)24-4/h5-7H,8H2,1-4H3/b13-6-. The van der Waals surface area contributed by atoms with Crippen molar-refractivity contribution < 1.29 is 33.3 Å². The lowest BCUT2D eigenvalue weighted by molar-refractivity contribution is -0.143. The summed E-state index contributed by atoms with van der Waals surface area (Å²) in [6, 6.07) is 3.25. The number of hydrogen-bond acceptors (Lipinski definition) is 8. The molecule has 0 unspecified atom stereocenters. The zero-order valence-corrected chi connectivity index (χ0v) is 15.0. The van der Waals surface area contributed by atoms with Gasteiger partial charge in [0.25, 0.3) is 11.1 Å². The molecule has 1 aromatic carbocycles. The highest BCUT2D eigenvalue weighted by Crippen LogP contribution is 2.38. The molecule has 25 heavy (non-hydrogen) atoms. The van der Waals surface area contributed by atoms with Gasteiger partial charge in [-0.15, -0.1) is 0 Å². The van der Waals surface area contributed by atoms with Gasteiger partial charge in [0.2, 0.25) is 0 Å². The van der Waals surface area contributed by atoms with Crippen molar-refractivity contribution in [2.24, 2.45) is 0 Å². The number of nitrogens with zero attached hydrogens (tertiary/aromatic N) is 1. The molecule has 9 heteroatoms. The third-order valence-electron chi connectivity index (χ3n) is 3.41. The number of carbonyl (C=O) groups is 3. The summed E-state index contributed by atoms with van der Waals surface area (Å²) in [6.45, 7) is -0.429. The van der Waals surface area contributed by atoms with E-state index in [1.165, 1.54) is 34.5 Å². The third kappa shape index (κ3) is 3.87. The molecule has 1 heterocycles. The number of ether oxygens (including phenoxy) is 4. The van der Waals surface area contributed by atoms with Gasteiger partial charge in [-0.25, -0.2) is 0 Å². The van der Waals surface area contributed by atoms with Crippen LogP contribution < -0.4 is 14.2 Å². The Kier molecular flexibility index (Phi) is 5.92. The molecule has 1 aliphatic heterocycles. The number of carbonyl (C=O) groups excluding carboxylic acids is 3. The van der Waals surface area contributed by atoms with E-state index in [9.17, 15) is 14.4 Å². The number of benzene rings is 1. The van der Waals surface area contributed by atoms with Crippen molar-refractivity contribution in [3.8, 4) is 17.2 Å². The van der Waals surface area contributed by atoms with Gasteiger partial charge in [-0.1, -0.05) is 0 Å². The van der Waals surface area contributed by atoms with E-state index in [4.69, 9.17) is 14.2 Å². The minimum atomic E-state index is -0.674. The maximum absolute atomic E-state index is 12.4. The number of esters is 1. The number of amides is 2. The van der Waals surface area contributed by atoms with E-state index in [1.54, 1.807) is 12.1 Å². The highest BCUT2D eigenvalue weighted by Gasteiger charge is 2.36. The third-order valence-corrected chi connectivity index (χ3v) is 4.32. The van der Waals surface area contributed by atoms with Gasteiger partial charge in [-0.3, -0.25) is 19.3 Å². The Balaban J connectivity index is 2.38. The number of thioether (sulfide) groups is 1. The van der Waals surface area contributed by atoms with E-state index in [2.05, 4.69) is 4.74 Å². The summed E-state index contributed by atoms with van der Waals surface area (Å²) in [6.07, 6.45) is 1.50. The molecular weight excluding hydrogens is 350 g/mol. The van der Waals surface area contributed by atoms with Crippen LogP contribution in [0.15, 0.2) is 17.0 Å². The Hall–Kier alpha value is -2.68. The summed E-state index contributed by atoms with van der Waals surface area (Å²) >= 11 is 0.735. The van der Waals surface area contributed by atoms with E-state index < -0.39 is 23.7 Å². The molecule has 0 spiro atoms. The van der Waals surface area contributed by atoms with Crippen LogP contribution >= 0.6 is 11.8 Å². The van der Waals surface area contributed by atoms with Crippen LogP contribution in [0.1, 0.15) is 5.56 Å². The Morgan fingerprint density at radius 2 is 1.64 bits per heavy atom. The lowest BCUT2D eigenvalue weighted by Crippen LogP contribution is -2.34. The normalized spacial score (nSPS) is 15.5. The molecule has 1 aromatic rings. The lowest BCUT2D eigenvalue weighted by Gasteiger charge is -2.12. The van der Waals surface area contributed by atoms with Crippen LogP contribution in [0.4, 0.5) is 4.79 Å². The zero-order valence-electron chi connectivity index (χ0n) is 14.2. The largest absolute Gasteiger partial charge is 0.496 e. The number of rotatable bonds is 6. The maximum atomic E-state index is 12.4. The van der Waals surface area contributed by atoms with Crippen LogP contribution in [0.5, 0.6) is 17.2 Å². The van der Waals surface area contributed by atoms with Crippen LogP contribution in [0.2, 0.25) is 0 Å². The van der Waals surface area contributed by atoms with Crippen LogP contribution in [-0.2, 0) is 14.3 Å². The van der Waals surface area contributed by atoms with Crippen molar-refractivity contribution in [1.29, 1.82) is 0 Å². The molecule has 134 valence electrons. The average Bonchev–Trinajstić information content (AvgIpc) is 2.88. The monoisotopic (exact) mass is 367 g/mol. The first-order valence-corrected chi connectivity index (χ1v) is 7.89. The Bertz CT molecular complexity index is 744. The second-order valence-corrected chi connectivity index (χ2v) is 5.79. The summed E-state index contributed by atoms with van der Waals surface area (Å²) in [5, 5.41) is -0.541. The molecule has 0 aromatic heterocycles. The Labute approximate surface area is 148 Å². The second-order valence-electron chi connectivity index (χ2n) is 4.79. The van der Waals surface area contributed by atoms with E-state index in [0.717, 1.165) is 16.7 Å². The smallest absolute Gasteiger partial charge is 0.325 e. The fraction of sp³-hybridized carbons (Fsp3) is 0.312. The van der Waals surface area contributed by atoms with Crippen molar-refractivity contribution >= 4 is 35.0 Å². The SMILES string of the molecule is COC(=O)CN1C(=O)S/C(=C\c2cc(OC)c(OC)cc2OC)C1=O. The minimum Gasteiger partial charge on any atom is -0.496 e. The van der Waals surface area contributed by atoms with Gasteiger partial charge in [0.15, 0.2) is 11.5 Å². The van der Waals surface area contributed by atoms with Gasteiger partial charge in [-0.2, -0.15) is 0 Å². The molecule has 0 radical (unpaired) electrons. The molecule has 0 N–H and O–H groups in total. The summed E-state index contributed by atoms with van der Waals surface area (Å²) in [4.78, 5) is 36.6. The average molecular weight is 367 g/mol. The molecular formula is C16H17NO7S. The van der Waals surface area contributed by atoms with Crippen LogP contribution in [0, 0.1) is 0 Å². The van der Waals surface area contributed by atoms with Crippen LogP contribution in [-0.4, -0.2) is 57.0 Å². The summed E-state index contributed by atoms with van der Waals surface area (Å²) in [5.74, 6) is 0.112. The van der Waals surface area contributed by atoms with Crippen LogP contribution in [0.25, 0.3) is 6.08 Å². The fourth-order valence-electron chi connectivity index (χ4n) is 2.14. The lowest BCUT2D eigenvalue weighted by atomic mass is 10.1. The van der Waals surface area contributed by atoms with E-state index in [-0.39, 0.29) is 4.91 Å². The highest BCUT2D eigenvalue weighted by atomic mass is 32.2. The second kappa shape index (κ2) is 7.93. The minimum absolute atomic E-state index is 0.166. The van der Waals surface area contributed by atoms with Gasteiger partial charge in [0, 0.05) is 11.6 Å². The first-order valence-electron chi connectivity index (χ1n) is 7.07. The first-order chi connectivity index (χ1) is 11.9. The topological polar surface area (TPSA) is 91.4 Å². The number of imide groups is 1. The molecule has 1 aliphatic rings. The zero-order chi connectivity index (χ0) is 18.6. The van der Waals surface area contributed by atoms with Gasteiger partial charge >= 0.3 is 5.97 Å². The summed E-state index contributed by atoms with van der Waals surface area (Å²) in [7, 11) is 5.64. The molecule has 0 atom stereocenters. The molecule has 8 nitrogen and oxygen atoms in total.